The molecule has 172 valence electrons. The van der Waals surface area contributed by atoms with Crippen molar-refractivity contribution < 1.29 is 5.11 Å². The lowest BCUT2D eigenvalue weighted by molar-refractivity contribution is 0.0688. The molecule has 1 aliphatic heterocycles. The number of piperazine rings is 1. The van der Waals surface area contributed by atoms with Crippen LogP contribution in [0.5, 0.6) is 0 Å². The summed E-state index contributed by atoms with van der Waals surface area (Å²) < 4.78 is 2.28. The Morgan fingerprint density at radius 2 is 1.24 bits per heavy atom. The lowest BCUT2D eigenvalue weighted by atomic mass is 10.2. The van der Waals surface area contributed by atoms with Gasteiger partial charge in [0, 0.05) is 61.1 Å². The van der Waals surface area contributed by atoms with Gasteiger partial charge in [-0.05, 0) is 17.7 Å². The zero-order chi connectivity index (χ0) is 21.8. The second-order valence-corrected chi connectivity index (χ2v) is 8.71. The summed E-state index contributed by atoms with van der Waals surface area (Å²) in [5.74, 6) is 0. The first kappa shape index (κ1) is 23.5. The number of aromatic nitrogens is 1. The number of benzene rings is 3. The predicted molar refractivity (Wildman–Crippen MR) is 141 cm³/mol. The van der Waals surface area contributed by atoms with E-state index in [4.69, 9.17) is 0 Å². The van der Waals surface area contributed by atoms with Crippen LogP contribution < -0.4 is 0 Å². The summed E-state index contributed by atoms with van der Waals surface area (Å²) in [6, 6.07) is 27.4. The average molecular weight is 462 g/mol. The van der Waals surface area contributed by atoms with E-state index in [1.165, 1.54) is 27.4 Å². The van der Waals surface area contributed by atoms with Crippen molar-refractivity contribution >= 4 is 40.3 Å². The molecule has 4 aromatic rings. The molecule has 0 bridgehead atoms. The summed E-state index contributed by atoms with van der Waals surface area (Å²) in [7, 11) is 0. The van der Waals surface area contributed by atoms with E-state index in [0.29, 0.717) is 13.1 Å². The number of fused-ring (bicyclic) bond motifs is 3. The van der Waals surface area contributed by atoms with Crippen LogP contribution in [0.3, 0.4) is 0 Å². The van der Waals surface area contributed by atoms with E-state index in [-0.39, 0.29) is 12.4 Å². The van der Waals surface area contributed by atoms with Crippen molar-refractivity contribution in [2.75, 3.05) is 39.3 Å². The number of para-hydroxylation sites is 2. The van der Waals surface area contributed by atoms with E-state index in [1.807, 2.05) is 6.07 Å². The number of β-amino-alcohol motifs (C(OH)–C–C–N with tert-alkyl or cyclic N) is 1. The van der Waals surface area contributed by atoms with Crippen LogP contribution in [-0.2, 0) is 6.54 Å². The Hall–Kier alpha value is -2.63. The van der Waals surface area contributed by atoms with Crippen molar-refractivity contribution in [3.8, 4) is 0 Å². The van der Waals surface area contributed by atoms with Gasteiger partial charge in [0.2, 0.25) is 0 Å². The average Bonchev–Trinajstić information content (AvgIpc) is 3.15. The SMILES string of the molecule is Cl.O[C@@H](CN1CCN(C/C=C/c2ccccc2)CC1)Cn1c2ccccc2c2ccccc21. The van der Waals surface area contributed by atoms with Gasteiger partial charge in [-0.25, -0.2) is 0 Å². The van der Waals surface area contributed by atoms with Crippen molar-refractivity contribution in [1.82, 2.24) is 14.4 Å². The molecule has 5 rings (SSSR count). The maximum atomic E-state index is 10.9. The van der Waals surface area contributed by atoms with Gasteiger partial charge in [-0.2, -0.15) is 0 Å². The summed E-state index contributed by atoms with van der Waals surface area (Å²) >= 11 is 0. The molecule has 2 heterocycles. The molecule has 1 fully saturated rings. The van der Waals surface area contributed by atoms with Crippen molar-refractivity contribution in [3.05, 3.63) is 90.5 Å². The number of hydrogen-bond acceptors (Lipinski definition) is 3. The highest BCUT2D eigenvalue weighted by Crippen LogP contribution is 2.28. The van der Waals surface area contributed by atoms with Gasteiger partial charge in [0.15, 0.2) is 0 Å². The molecule has 0 saturated carbocycles. The third-order valence-corrected chi connectivity index (χ3v) is 6.48. The van der Waals surface area contributed by atoms with Gasteiger partial charge in [0.1, 0.15) is 0 Å². The van der Waals surface area contributed by atoms with Gasteiger partial charge < -0.3 is 9.67 Å². The third-order valence-electron chi connectivity index (χ3n) is 6.48. The minimum Gasteiger partial charge on any atom is -0.390 e. The molecule has 0 radical (unpaired) electrons. The smallest absolute Gasteiger partial charge is 0.0845 e. The lowest BCUT2D eigenvalue weighted by Crippen LogP contribution is -2.48. The van der Waals surface area contributed by atoms with Crippen LogP contribution in [0.15, 0.2) is 84.9 Å². The third kappa shape index (κ3) is 5.48. The van der Waals surface area contributed by atoms with Crippen LogP contribution in [-0.4, -0.2) is 64.8 Å². The van der Waals surface area contributed by atoms with Crippen LogP contribution in [0, 0.1) is 0 Å². The van der Waals surface area contributed by atoms with E-state index in [1.54, 1.807) is 0 Å². The fourth-order valence-electron chi connectivity index (χ4n) is 4.82. The number of hydrogen-bond donors (Lipinski definition) is 1. The Morgan fingerprint density at radius 1 is 0.697 bits per heavy atom. The molecule has 1 aliphatic rings. The molecule has 1 saturated heterocycles. The Labute approximate surface area is 202 Å². The standard InChI is InChI=1S/C28H31N3O.ClH/c32-24(22-31-27-14-6-4-12-25(27)26-13-5-7-15-28(26)31)21-30-19-17-29(18-20-30)16-8-11-23-9-2-1-3-10-23;/h1-15,24,32H,16-22H2;1H/b11-8+;/t24-;/m0./s1. The fraction of sp³-hybridized carbons (Fsp3) is 0.286. The van der Waals surface area contributed by atoms with Crippen molar-refractivity contribution in [1.29, 1.82) is 0 Å². The van der Waals surface area contributed by atoms with Crippen LogP contribution in [0.25, 0.3) is 27.9 Å². The van der Waals surface area contributed by atoms with Gasteiger partial charge in [0.25, 0.3) is 0 Å². The summed E-state index contributed by atoms with van der Waals surface area (Å²) in [4.78, 5) is 4.88. The molecule has 0 spiro atoms. The number of rotatable bonds is 7. The number of aliphatic hydroxyl groups excluding tert-OH is 1. The van der Waals surface area contributed by atoms with Crippen molar-refractivity contribution in [2.45, 2.75) is 12.6 Å². The lowest BCUT2D eigenvalue weighted by Gasteiger charge is -2.35. The van der Waals surface area contributed by atoms with E-state index in [0.717, 1.165) is 32.7 Å². The minimum absolute atomic E-state index is 0. The van der Waals surface area contributed by atoms with Gasteiger partial charge in [-0.15, -0.1) is 12.4 Å². The van der Waals surface area contributed by atoms with Crippen LogP contribution in [0.2, 0.25) is 0 Å². The summed E-state index contributed by atoms with van der Waals surface area (Å²) in [5, 5.41) is 13.5. The van der Waals surface area contributed by atoms with E-state index < -0.39 is 6.10 Å². The topological polar surface area (TPSA) is 31.6 Å². The summed E-state index contributed by atoms with van der Waals surface area (Å²) in [6.45, 7) is 6.41. The molecule has 4 nitrogen and oxygen atoms in total. The fourth-order valence-corrected chi connectivity index (χ4v) is 4.82. The Morgan fingerprint density at radius 3 is 1.88 bits per heavy atom. The first-order valence-corrected chi connectivity index (χ1v) is 11.6. The molecule has 0 amide bonds. The van der Waals surface area contributed by atoms with Gasteiger partial charge in [-0.3, -0.25) is 9.80 Å². The number of halogens is 1. The highest BCUT2D eigenvalue weighted by Gasteiger charge is 2.20. The zero-order valence-corrected chi connectivity index (χ0v) is 19.7. The Kier molecular flexibility index (Phi) is 7.84. The van der Waals surface area contributed by atoms with E-state index in [2.05, 4.69) is 99.3 Å². The molecule has 33 heavy (non-hydrogen) atoms. The number of nitrogens with zero attached hydrogens (tertiary/aromatic N) is 3. The van der Waals surface area contributed by atoms with Crippen LogP contribution in [0.4, 0.5) is 0 Å². The van der Waals surface area contributed by atoms with Crippen molar-refractivity contribution in [2.24, 2.45) is 0 Å². The Balaban J connectivity index is 0.00000259. The van der Waals surface area contributed by atoms with Crippen LogP contribution in [0.1, 0.15) is 5.56 Å². The van der Waals surface area contributed by atoms with E-state index >= 15 is 0 Å². The highest BCUT2D eigenvalue weighted by atomic mass is 35.5. The second-order valence-electron chi connectivity index (χ2n) is 8.71. The largest absolute Gasteiger partial charge is 0.390 e. The van der Waals surface area contributed by atoms with Gasteiger partial charge in [0.05, 0.1) is 12.6 Å². The maximum Gasteiger partial charge on any atom is 0.0845 e. The molecule has 1 N–H and O–H groups in total. The normalized spacial score (nSPS) is 16.4. The molecule has 5 heteroatoms. The highest BCUT2D eigenvalue weighted by molar-refractivity contribution is 6.07. The molecule has 0 aliphatic carbocycles. The molecular formula is C28H32ClN3O. The number of aliphatic hydroxyl groups is 1. The first-order chi connectivity index (χ1) is 15.8. The molecular weight excluding hydrogens is 430 g/mol. The van der Waals surface area contributed by atoms with Gasteiger partial charge >= 0.3 is 0 Å². The first-order valence-electron chi connectivity index (χ1n) is 11.6. The van der Waals surface area contributed by atoms with Gasteiger partial charge in [-0.1, -0.05) is 78.9 Å². The monoisotopic (exact) mass is 461 g/mol. The molecule has 0 unspecified atom stereocenters. The maximum absolute atomic E-state index is 10.9. The summed E-state index contributed by atoms with van der Waals surface area (Å²) in [5.41, 5.74) is 3.64. The quantitative estimate of drug-likeness (QED) is 0.424. The van der Waals surface area contributed by atoms with Crippen LogP contribution >= 0.6 is 12.4 Å². The molecule has 1 aromatic heterocycles. The van der Waals surface area contributed by atoms with E-state index in [9.17, 15) is 5.11 Å². The second kappa shape index (κ2) is 11.0. The van der Waals surface area contributed by atoms with Crippen molar-refractivity contribution in [3.63, 3.8) is 0 Å². The molecule has 1 atom stereocenters. The summed E-state index contributed by atoms with van der Waals surface area (Å²) in [6.07, 6.45) is 4.06. The zero-order valence-electron chi connectivity index (χ0n) is 18.9. The predicted octanol–water partition coefficient (Wildman–Crippen LogP) is 4.91. The molecule has 3 aromatic carbocycles. The Bertz CT molecular complexity index is 1140. The minimum atomic E-state index is -0.390.